The Bertz CT molecular complexity index is 1530. The van der Waals surface area contributed by atoms with Crippen LogP contribution in [-0.4, -0.2) is 28.3 Å². The molecule has 0 saturated heterocycles. The SMILES string of the molecule is O=S(=O)(O)[N@+]1(c2c(O)c3cccc(O)c3c3ccccc23)C=C(O)Cc2ccccc21. The fraction of sp³-hybridized carbons (Fsp3) is 0.0435. The summed E-state index contributed by atoms with van der Waals surface area (Å²) in [7, 11) is -5.00. The van der Waals surface area contributed by atoms with Gasteiger partial charge in [0.25, 0.3) is 0 Å². The summed E-state index contributed by atoms with van der Waals surface area (Å²) in [6.07, 6.45) is 1.10. The fourth-order valence-corrected chi connectivity index (χ4v) is 5.61. The molecule has 4 N–H and O–H groups in total. The number of quaternary nitrogens is 1. The summed E-state index contributed by atoms with van der Waals surface area (Å²) >= 11 is 0. The number of para-hydroxylation sites is 1. The molecule has 1 aliphatic heterocycles. The maximum absolute atomic E-state index is 13.0. The standard InChI is InChI=1S/C23H17NO6S/c25-15-12-14-6-1-4-10-19(14)24(13-15,31(28,29)30)22-17-8-3-2-7-16(17)21-18(23(22)27)9-5-11-20(21)26/h1-11,13H,12H2,(H3-,25,26,27,28,29,30)/p+1/t24-/m1/s1. The zero-order valence-electron chi connectivity index (χ0n) is 16.1. The number of fused-ring (bicyclic) bond motifs is 4. The van der Waals surface area contributed by atoms with E-state index in [1.807, 2.05) is 0 Å². The van der Waals surface area contributed by atoms with Crippen molar-refractivity contribution in [3.05, 3.63) is 84.3 Å². The Morgan fingerprint density at radius 2 is 1.42 bits per heavy atom. The summed E-state index contributed by atoms with van der Waals surface area (Å²) < 4.78 is 35.3. The summed E-state index contributed by atoms with van der Waals surface area (Å²) in [5, 5.41) is 33.7. The van der Waals surface area contributed by atoms with Crippen molar-refractivity contribution in [3.8, 4) is 11.5 Å². The first-order chi connectivity index (χ1) is 14.8. The van der Waals surface area contributed by atoms with Crippen LogP contribution >= 0.6 is 0 Å². The number of phenols is 2. The highest BCUT2D eigenvalue weighted by Gasteiger charge is 2.52. The van der Waals surface area contributed by atoms with E-state index in [1.165, 1.54) is 18.2 Å². The molecule has 0 aromatic heterocycles. The molecule has 0 amide bonds. The number of aliphatic hydroxyl groups is 1. The van der Waals surface area contributed by atoms with E-state index >= 15 is 0 Å². The van der Waals surface area contributed by atoms with Crippen LogP contribution in [-0.2, 0) is 16.7 Å². The number of phenolic OH excluding ortho intramolecular Hbond substituents is 2. The number of nitrogens with zero attached hydrogens (tertiary/aromatic N) is 1. The van der Waals surface area contributed by atoms with Crippen LogP contribution in [0.15, 0.2) is 78.7 Å². The Hall–Kier alpha value is -3.59. The summed E-state index contributed by atoms with van der Waals surface area (Å²) in [5.74, 6) is -0.773. The minimum Gasteiger partial charge on any atom is -0.507 e. The molecule has 5 rings (SSSR count). The molecule has 1 atom stereocenters. The molecular weight excluding hydrogens is 418 g/mol. The van der Waals surface area contributed by atoms with Crippen molar-refractivity contribution in [2.45, 2.75) is 6.42 Å². The first kappa shape index (κ1) is 19.4. The van der Waals surface area contributed by atoms with Crippen LogP contribution < -0.4 is 3.89 Å². The zero-order chi connectivity index (χ0) is 22.0. The maximum Gasteiger partial charge on any atom is 0.447 e. The Morgan fingerprint density at radius 1 is 0.774 bits per heavy atom. The molecule has 0 saturated carbocycles. The van der Waals surface area contributed by atoms with Crippen molar-refractivity contribution in [1.29, 1.82) is 0 Å². The van der Waals surface area contributed by atoms with Gasteiger partial charge in [0.1, 0.15) is 5.75 Å². The van der Waals surface area contributed by atoms with Gasteiger partial charge in [-0.25, -0.2) is 4.55 Å². The zero-order valence-corrected chi connectivity index (χ0v) is 16.9. The van der Waals surface area contributed by atoms with Crippen molar-refractivity contribution < 1.29 is 28.3 Å². The molecule has 0 spiro atoms. The molecular formula is C23H18NO6S+. The van der Waals surface area contributed by atoms with E-state index in [9.17, 15) is 28.3 Å². The average molecular weight is 436 g/mol. The fourth-order valence-electron chi connectivity index (χ4n) is 4.52. The second-order valence-electron chi connectivity index (χ2n) is 7.47. The van der Waals surface area contributed by atoms with Crippen LogP contribution in [0, 0.1) is 0 Å². The lowest BCUT2D eigenvalue weighted by molar-refractivity contribution is 0.370. The lowest BCUT2D eigenvalue weighted by Gasteiger charge is -2.34. The van der Waals surface area contributed by atoms with E-state index in [0.717, 1.165) is 6.20 Å². The number of aromatic hydroxyl groups is 2. The Labute approximate surface area is 177 Å². The molecule has 8 heteroatoms. The molecule has 1 heterocycles. The lowest BCUT2D eigenvalue weighted by Crippen LogP contribution is -2.47. The molecule has 4 aromatic carbocycles. The molecule has 31 heavy (non-hydrogen) atoms. The molecule has 1 aliphatic rings. The quantitative estimate of drug-likeness (QED) is 0.204. The van der Waals surface area contributed by atoms with Crippen molar-refractivity contribution in [3.63, 3.8) is 0 Å². The van der Waals surface area contributed by atoms with Crippen LogP contribution in [0.1, 0.15) is 5.56 Å². The highest BCUT2D eigenvalue weighted by molar-refractivity contribution is 7.85. The third-order valence-corrected chi connectivity index (χ3v) is 6.93. The van der Waals surface area contributed by atoms with Crippen molar-refractivity contribution >= 4 is 43.2 Å². The van der Waals surface area contributed by atoms with Gasteiger partial charge in [-0.15, -0.1) is 8.42 Å². The topological polar surface area (TPSA) is 115 Å². The summed E-state index contributed by atoms with van der Waals surface area (Å²) in [4.78, 5) is 0. The largest absolute Gasteiger partial charge is 0.507 e. The second-order valence-corrected chi connectivity index (χ2v) is 8.95. The normalized spacial score (nSPS) is 18.7. The van der Waals surface area contributed by atoms with Crippen LogP contribution in [0.4, 0.5) is 11.4 Å². The lowest BCUT2D eigenvalue weighted by atomic mass is 9.96. The highest BCUT2D eigenvalue weighted by atomic mass is 32.2. The number of benzene rings is 4. The third-order valence-electron chi connectivity index (χ3n) is 5.72. The average Bonchev–Trinajstić information content (AvgIpc) is 2.73. The number of allylic oxidation sites excluding steroid dienone is 1. The molecule has 0 aliphatic carbocycles. The monoisotopic (exact) mass is 436 g/mol. The predicted octanol–water partition coefficient (Wildman–Crippen LogP) is 4.80. The van der Waals surface area contributed by atoms with E-state index < -0.39 is 19.9 Å². The van der Waals surface area contributed by atoms with Gasteiger partial charge in [0, 0.05) is 34.2 Å². The van der Waals surface area contributed by atoms with Gasteiger partial charge >= 0.3 is 10.3 Å². The summed E-state index contributed by atoms with van der Waals surface area (Å²) in [5.41, 5.74) is 0.525. The van der Waals surface area contributed by atoms with Crippen molar-refractivity contribution in [2.24, 2.45) is 0 Å². The number of aliphatic hydroxyl groups excluding tert-OH is 1. The summed E-state index contributed by atoms with van der Waals surface area (Å²) in [6.45, 7) is 0. The van der Waals surface area contributed by atoms with E-state index in [2.05, 4.69) is 0 Å². The van der Waals surface area contributed by atoms with E-state index in [0.29, 0.717) is 21.7 Å². The van der Waals surface area contributed by atoms with Crippen LogP contribution in [0.25, 0.3) is 21.5 Å². The Balaban J connectivity index is 2.10. The first-order valence-electron chi connectivity index (χ1n) is 9.47. The van der Waals surface area contributed by atoms with Crippen LogP contribution in [0.3, 0.4) is 0 Å². The highest BCUT2D eigenvalue weighted by Crippen LogP contribution is 2.54. The van der Waals surface area contributed by atoms with E-state index in [1.54, 1.807) is 48.5 Å². The van der Waals surface area contributed by atoms with E-state index in [4.69, 9.17) is 0 Å². The molecule has 0 bridgehead atoms. The number of hydrogen-bond donors (Lipinski definition) is 4. The van der Waals surface area contributed by atoms with Gasteiger partial charge in [-0.1, -0.05) is 52.4 Å². The van der Waals surface area contributed by atoms with Gasteiger partial charge in [0.05, 0.1) is 0 Å². The molecule has 0 fully saturated rings. The Morgan fingerprint density at radius 3 is 2.16 bits per heavy atom. The molecule has 7 nitrogen and oxygen atoms in total. The van der Waals surface area contributed by atoms with Gasteiger partial charge in [0.2, 0.25) is 5.69 Å². The van der Waals surface area contributed by atoms with Gasteiger partial charge in [0.15, 0.2) is 23.4 Å². The molecule has 156 valence electrons. The van der Waals surface area contributed by atoms with Gasteiger partial charge < -0.3 is 15.3 Å². The van der Waals surface area contributed by atoms with Gasteiger partial charge in [-0.3, -0.25) is 0 Å². The maximum atomic E-state index is 13.0. The number of hydrogen-bond acceptors (Lipinski definition) is 5. The molecule has 0 unspecified atom stereocenters. The second kappa shape index (κ2) is 6.45. The minimum absolute atomic E-state index is 0.0774. The summed E-state index contributed by atoms with van der Waals surface area (Å²) in [6, 6.07) is 17.8. The Kier molecular flexibility index (Phi) is 4.03. The minimum atomic E-state index is -5.00. The van der Waals surface area contributed by atoms with Gasteiger partial charge in [-0.05, 0) is 17.5 Å². The number of rotatable bonds is 2. The van der Waals surface area contributed by atoms with Crippen LogP contribution in [0.5, 0.6) is 11.5 Å². The third kappa shape index (κ3) is 2.56. The van der Waals surface area contributed by atoms with Crippen molar-refractivity contribution in [1.82, 2.24) is 3.89 Å². The van der Waals surface area contributed by atoms with Gasteiger partial charge in [-0.2, -0.15) is 0 Å². The molecule has 4 aromatic rings. The van der Waals surface area contributed by atoms with Crippen molar-refractivity contribution in [2.75, 3.05) is 0 Å². The predicted molar refractivity (Wildman–Crippen MR) is 119 cm³/mol. The first-order valence-corrected chi connectivity index (χ1v) is 10.9. The smallest absolute Gasteiger partial charge is 0.447 e. The van der Waals surface area contributed by atoms with Crippen LogP contribution in [0.2, 0.25) is 0 Å². The molecule has 0 radical (unpaired) electrons. The van der Waals surface area contributed by atoms with E-state index in [-0.39, 0.29) is 34.7 Å².